The van der Waals surface area contributed by atoms with E-state index in [2.05, 4.69) is 90.4 Å². The molecule has 1 fully saturated rings. The number of aliphatic carboxylic acids is 2. The Hall–Kier alpha value is -10.7. The number of para-hydroxylation sites is 1. The van der Waals surface area contributed by atoms with E-state index in [4.69, 9.17) is 40.1 Å². The second-order valence-corrected chi connectivity index (χ2v) is 25.7. The maximum absolute atomic E-state index is 14.8. The summed E-state index contributed by atoms with van der Waals surface area (Å²) in [6.45, 7) is -0.958. The Bertz CT molecular complexity index is 3650. The molecule has 2 aromatic heterocycles. The lowest BCUT2D eigenvalue weighted by Gasteiger charge is -2.31. The molecule has 0 spiro atoms. The van der Waals surface area contributed by atoms with Crippen molar-refractivity contribution in [3.8, 4) is 0 Å². The number of guanidine groups is 3. The van der Waals surface area contributed by atoms with Crippen LogP contribution in [0.4, 0.5) is 0 Å². The number of thioether (sulfide) groups is 1. The van der Waals surface area contributed by atoms with Crippen LogP contribution in [0, 0.1) is 0 Å². The van der Waals surface area contributed by atoms with Crippen molar-refractivity contribution >= 4 is 124 Å². The summed E-state index contributed by atoms with van der Waals surface area (Å²) in [5, 5.41) is 53.8. The number of amides is 10. The van der Waals surface area contributed by atoms with Gasteiger partial charge in [-0.2, -0.15) is 24.4 Å². The number of nitrogens with two attached hydrogens (primary N) is 7. The number of carbonyl (C=O) groups excluding carboxylic acids is 10. The second-order valence-electron chi connectivity index (χ2n) is 24.3. The number of aromatic nitrogens is 3. The van der Waals surface area contributed by atoms with Gasteiger partial charge >= 0.3 is 11.9 Å². The fraction of sp³-hybridized carbons (Fsp3) is 0.500. The average Bonchev–Trinajstić information content (AvgIpc) is 1.61. The predicted molar refractivity (Wildman–Crippen MR) is 388 cm³/mol. The van der Waals surface area contributed by atoms with E-state index >= 15 is 0 Å². The van der Waals surface area contributed by atoms with Gasteiger partial charge in [0.05, 0.1) is 25.4 Å². The molecule has 568 valence electrons. The van der Waals surface area contributed by atoms with Crippen LogP contribution in [0.15, 0.2) is 88.3 Å². The Kier molecular flexibility index (Phi) is 34.9. The zero-order chi connectivity index (χ0) is 76.4. The van der Waals surface area contributed by atoms with Crippen molar-refractivity contribution in [3.63, 3.8) is 0 Å². The SMILES string of the molecule is CSCC[C@H](NC(=O)[C@@H]1CCCN1C(=O)[C@H](CCCN=C(N)N)NC(=O)[C@H](CS)NC(=O)[C@H](CO)NC(=O)[C@H](CC(=O)O)NC(=O)[C@H](Cc1ccccc1)NC(=O)[C@@H](N)CCCN=C(N)N)C(=O)N[C@@H](Cc1cnc[nH]1)C(=O)N[C@@H](Cc1c[nH]c2ccccc12)C(=O)N[C@@H](CCCN=C(N)N)C(=O)O. The number of fused-ring (bicyclic) bond motifs is 1. The van der Waals surface area contributed by atoms with Gasteiger partial charge in [-0.15, -0.1) is 0 Å². The minimum atomic E-state index is -1.92. The van der Waals surface area contributed by atoms with E-state index < -0.39 is 156 Å². The normalized spacial score (nSPS) is 15.4. The number of rotatable bonds is 45. The average molecular weight is 1490 g/mol. The van der Waals surface area contributed by atoms with Gasteiger partial charge in [0.1, 0.15) is 60.4 Å². The molecule has 2 aromatic carbocycles. The molecule has 1 saturated heterocycles. The Morgan fingerprint density at radius 2 is 1.09 bits per heavy atom. The number of imidazole rings is 1. The lowest BCUT2D eigenvalue weighted by atomic mass is 10.0. The molecule has 0 unspecified atom stereocenters. The number of hydrogen-bond acceptors (Lipinski definition) is 20. The third-order valence-electron chi connectivity index (χ3n) is 16.4. The first kappa shape index (κ1) is 83.9. The quantitative estimate of drug-likeness (QED) is 0.00848. The molecule has 0 aliphatic carbocycles. The number of thiol groups is 1. The number of aliphatic hydroxyl groups is 1. The summed E-state index contributed by atoms with van der Waals surface area (Å²) >= 11 is 5.59. The number of aromatic amines is 2. The highest BCUT2D eigenvalue weighted by Gasteiger charge is 2.41. The highest BCUT2D eigenvalue weighted by Crippen LogP contribution is 2.23. The molecule has 40 heteroatoms. The smallest absolute Gasteiger partial charge is 0.326 e. The van der Waals surface area contributed by atoms with Gasteiger partial charge < -0.3 is 118 Å². The largest absolute Gasteiger partial charge is 0.481 e. The summed E-state index contributed by atoms with van der Waals surface area (Å²) in [5.41, 5.74) is 41.1. The van der Waals surface area contributed by atoms with Gasteiger partial charge in [-0.05, 0) is 87.0 Å². The van der Waals surface area contributed by atoms with E-state index in [9.17, 15) is 72.9 Å². The van der Waals surface area contributed by atoms with Crippen LogP contribution < -0.4 is 88.0 Å². The summed E-state index contributed by atoms with van der Waals surface area (Å²) in [6, 6.07) is -0.875. The lowest BCUT2D eigenvalue weighted by molar-refractivity contribution is -0.143. The van der Waals surface area contributed by atoms with Crippen LogP contribution in [-0.2, 0) is 76.8 Å². The number of aliphatic imine (C=N–C) groups is 3. The third-order valence-corrected chi connectivity index (χ3v) is 17.4. The lowest BCUT2D eigenvalue weighted by Crippen LogP contribution is -2.61. The fourth-order valence-electron chi connectivity index (χ4n) is 11.0. The highest BCUT2D eigenvalue weighted by atomic mass is 32.2. The minimum Gasteiger partial charge on any atom is -0.481 e. The molecular weight excluding hydrogens is 1390 g/mol. The number of likely N-dealkylation sites (tertiary alicyclic amines) is 1. The number of benzene rings is 2. The van der Waals surface area contributed by atoms with Crippen LogP contribution in [0.1, 0.15) is 81.0 Å². The summed E-state index contributed by atoms with van der Waals surface area (Å²) in [5.74, 6) is -13.2. The Labute approximate surface area is 607 Å². The van der Waals surface area contributed by atoms with E-state index in [-0.39, 0.29) is 115 Å². The standard InChI is InChI=1S/C64H95N23O15S2/c1-104-24-19-40(52(92)83-45(27-36-30-72-33-77-36)55(95)82-44(26-35-29-76-39-15-6-5-13-37(35)39)54(94)80-42(61(101)102)17-9-22-75-64(70)71)78-59(99)49-18-10-23-87(49)60(100)41(16-8-21-74-63(68)69)79-58(98)48(32-103)86-57(97)47(31-88)85-56(96)46(28-50(89)90)84-53(93)43(25-34-11-3-2-4-12-34)81-51(91)38(65)14-7-20-73-62(66)67/h2-6,11-13,15,29-30,33,38,40-49,76,88,103H,7-10,14,16-28,31-32,65H2,1H3,(H,72,77)(H,78,99)(H,79,98)(H,80,94)(H,81,91)(H,82,95)(H,83,92)(H,84,93)(H,85,96)(H,86,97)(H,89,90)(H,101,102)(H4,66,67,73)(H4,68,69,74)(H4,70,71,75)/t38-,40-,41-,42-,43-,44-,45-,46-,47-,48-,49-/m0/s1. The van der Waals surface area contributed by atoms with Crippen LogP contribution in [-0.4, -0.2) is 241 Å². The van der Waals surface area contributed by atoms with Gasteiger partial charge in [-0.3, -0.25) is 67.7 Å². The number of nitrogens with zero attached hydrogens (tertiary/aromatic N) is 5. The molecule has 0 saturated carbocycles. The van der Waals surface area contributed by atoms with Crippen LogP contribution in [0.25, 0.3) is 10.9 Å². The number of hydrogen-bond donors (Lipinski definition) is 22. The number of nitrogens with one attached hydrogen (secondary N) is 11. The van der Waals surface area contributed by atoms with Crippen LogP contribution in [0.5, 0.6) is 0 Å². The molecule has 10 amide bonds. The van der Waals surface area contributed by atoms with Gasteiger partial charge in [0.25, 0.3) is 0 Å². The zero-order valence-electron chi connectivity index (χ0n) is 57.3. The summed E-state index contributed by atoms with van der Waals surface area (Å²) in [4.78, 5) is 190. The van der Waals surface area contributed by atoms with Gasteiger partial charge in [0, 0.05) is 80.2 Å². The van der Waals surface area contributed by atoms with Crippen molar-refractivity contribution in [1.29, 1.82) is 0 Å². The molecule has 38 nitrogen and oxygen atoms in total. The van der Waals surface area contributed by atoms with Crippen LogP contribution in [0.3, 0.4) is 0 Å². The van der Waals surface area contributed by atoms with Crippen molar-refractivity contribution in [1.82, 2.24) is 67.7 Å². The van der Waals surface area contributed by atoms with Crippen molar-refractivity contribution in [3.05, 3.63) is 90.1 Å². The van der Waals surface area contributed by atoms with Gasteiger partial charge in [0.2, 0.25) is 59.1 Å². The van der Waals surface area contributed by atoms with E-state index in [1.165, 1.54) is 29.2 Å². The summed E-state index contributed by atoms with van der Waals surface area (Å²) in [6.07, 6.45) is 5.33. The van der Waals surface area contributed by atoms with E-state index in [1.54, 1.807) is 67.0 Å². The molecule has 0 bridgehead atoms. The molecule has 1 aliphatic heterocycles. The van der Waals surface area contributed by atoms with Crippen LogP contribution in [0.2, 0.25) is 0 Å². The first-order valence-corrected chi connectivity index (χ1v) is 35.3. The molecule has 3 heterocycles. The molecule has 4 aromatic rings. The number of H-pyrrole nitrogens is 2. The van der Waals surface area contributed by atoms with Crippen molar-refractivity contribution in [2.75, 3.05) is 50.5 Å². The number of carboxylic acid groups (broad SMARTS) is 2. The first-order valence-electron chi connectivity index (χ1n) is 33.3. The third kappa shape index (κ3) is 27.9. The topological polar surface area (TPSA) is 641 Å². The molecule has 28 N–H and O–H groups in total. The zero-order valence-corrected chi connectivity index (χ0v) is 59.0. The summed E-state index contributed by atoms with van der Waals surface area (Å²) in [7, 11) is 0. The van der Waals surface area contributed by atoms with E-state index in [0.717, 1.165) is 0 Å². The minimum absolute atomic E-state index is 0.00191. The van der Waals surface area contributed by atoms with Gasteiger partial charge in [-0.25, -0.2) is 9.78 Å². The maximum atomic E-state index is 14.8. The molecule has 11 atom stereocenters. The van der Waals surface area contributed by atoms with E-state index in [1.807, 2.05) is 0 Å². The predicted octanol–water partition coefficient (Wildman–Crippen LogP) is -6.00. The van der Waals surface area contributed by atoms with Crippen molar-refractivity contribution in [2.24, 2.45) is 55.1 Å². The maximum Gasteiger partial charge on any atom is 0.326 e. The summed E-state index contributed by atoms with van der Waals surface area (Å²) < 4.78 is 0. The fourth-order valence-corrected chi connectivity index (χ4v) is 11.7. The Morgan fingerprint density at radius 1 is 0.587 bits per heavy atom. The molecule has 104 heavy (non-hydrogen) atoms. The number of carbonyl (C=O) groups is 12. The van der Waals surface area contributed by atoms with E-state index in [0.29, 0.717) is 39.9 Å². The van der Waals surface area contributed by atoms with Gasteiger partial charge in [0.15, 0.2) is 17.9 Å². The second kappa shape index (κ2) is 43.3. The molecule has 1 aliphatic rings. The first-order chi connectivity index (χ1) is 49.6. The van der Waals surface area contributed by atoms with Gasteiger partial charge in [-0.1, -0.05) is 48.5 Å². The monoisotopic (exact) mass is 1490 g/mol. The Morgan fingerprint density at radius 3 is 1.66 bits per heavy atom. The van der Waals surface area contributed by atoms with Crippen molar-refractivity contribution < 1.29 is 72.9 Å². The Balaban J connectivity index is 1.32. The molecule has 0 radical (unpaired) electrons. The highest BCUT2D eigenvalue weighted by molar-refractivity contribution is 7.98. The molecule has 5 rings (SSSR count). The molecular formula is C64H95N23O15S2. The van der Waals surface area contributed by atoms with Crippen LogP contribution >= 0.6 is 24.4 Å². The van der Waals surface area contributed by atoms with Crippen molar-refractivity contribution in [2.45, 2.75) is 150 Å². The number of carboxylic acids is 2. The number of aliphatic hydroxyl groups excluding tert-OH is 1.